The van der Waals surface area contributed by atoms with E-state index in [2.05, 4.69) is 26.9 Å². The predicted molar refractivity (Wildman–Crippen MR) is 98.4 cm³/mol. The molecule has 1 saturated heterocycles. The molecule has 0 aliphatic carbocycles. The molecule has 1 atom stereocenters. The van der Waals surface area contributed by atoms with Gasteiger partial charge in [-0.1, -0.05) is 18.2 Å². The topological polar surface area (TPSA) is 90.1 Å². The molecule has 3 aromatic rings. The lowest BCUT2D eigenvalue weighted by Crippen LogP contribution is -2.28. The summed E-state index contributed by atoms with van der Waals surface area (Å²) in [5, 5.41) is 13.8. The third-order valence-corrected chi connectivity index (χ3v) is 5.11. The van der Waals surface area contributed by atoms with Crippen LogP contribution in [0.1, 0.15) is 23.5 Å². The van der Waals surface area contributed by atoms with Gasteiger partial charge in [0.25, 0.3) is 0 Å². The Hall–Kier alpha value is -3.35. The summed E-state index contributed by atoms with van der Waals surface area (Å²) in [7, 11) is 0. The van der Waals surface area contributed by atoms with Crippen LogP contribution in [0.4, 0.5) is 16.2 Å². The van der Waals surface area contributed by atoms with Crippen molar-refractivity contribution in [2.45, 2.75) is 12.3 Å². The van der Waals surface area contributed by atoms with Crippen LogP contribution >= 0.6 is 0 Å². The zero-order valence-electron chi connectivity index (χ0n) is 14.0. The summed E-state index contributed by atoms with van der Waals surface area (Å²) in [6.45, 7) is 1.26. The van der Waals surface area contributed by atoms with Gasteiger partial charge in [0.15, 0.2) is 0 Å². The Morgan fingerprint density at radius 1 is 1.12 bits per heavy atom. The highest BCUT2D eigenvalue weighted by molar-refractivity contribution is 5.98. The summed E-state index contributed by atoms with van der Waals surface area (Å²) in [4.78, 5) is 25.9. The van der Waals surface area contributed by atoms with Crippen molar-refractivity contribution in [3.8, 4) is 0 Å². The third-order valence-electron chi connectivity index (χ3n) is 5.11. The normalized spacial score (nSPS) is 19.4. The minimum Gasteiger partial charge on any atom is -0.336 e. The fourth-order valence-electron chi connectivity index (χ4n) is 3.81. The van der Waals surface area contributed by atoms with Crippen molar-refractivity contribution in [2.24, 2.45) is 0 Å². The molecule has 2 aliphatic heterocycles. The molecule has 0 bridgehead atoms. The van der Waals surface area contributed by atoms with Crippen LogP contribution in [-0.2, 0) is 4.79 Å². The number of fused-ring (bicyclic) bond motifs is 2. The van der Waals surface area contributed by atoms with E-state index in [1.165, 1.54) is 0 Å². The molecule has 7 nitrogen and oxygen atoms in total. The Labute approximate surface area is 149 Å². The largest absolute Gasteiger partial charge is 0.336 e. The summed E-state index contributed by atoms with van der Waals surface area (Å²) >= 11 is 0. The number of H-pyrrole nitrogens is 1. The standard InChI is InChI=1S/C19H17N5O2/c25-18-9-15(11-1-2-12-10-21-23-16(12)7-11)14-4-3-13(8-17(14)22-18)24-6-5-20-19(24)26/h1-4,7-8,10,15H,5-6,9H2,(H,20,26)(H,21,23)(H,22,25). The average molecular weight is 347 g/mol. The van der Waals surface area contributed by atoms with E-state index in [0.29, 0.717) is 19.5 Å². The predicted octanol–water partition coefficient (Wildman–Crippen LogP) is 2.57. The first-order valence-electron chi connectivity index (χ1n) is 8.61. The van der Waals surface area contributed by atoms with E-state index in [1.54, 1.807) is 11.1 Å². The molecule has 26 heavy (non-hydrogen) atoms. The SMILES string of the molecule is O=C1CC(c2ccc3cn[nH]c3c2)c2ccc(N3CCNC3=O)cc2N1. The lowest BCUT2D eigenvalue weighted by Gasteiger charge is -2.27. The first kappa shape index (κ1) is 14.9. The lowest BCUT2D eigenvalue weighted by molar-refractivity contribution is -0.116. The number of aromatic amines is 1. The van der Waals surface area contributed by atoms with E-state index in [0.717, 1.165) is 33.4 Å². The molecule has 0 spiro atoms. The molecule has 0 radical (unpaired) electrons. The number of nitrogens with zero attached hydrogens (tertiary/aromatic N) is 2. The van der Waals surface area contributed by atoms with Crippen LogP contribution in [-0.4, -0.2) is 35.2 Å². The van der Waals surface area contributed by atoms with Crippen LogP contribution < -0.4 is 15.5 Å². The van der Waals surface area contributed by atoms with Gasteiger partial charge < -0.3 is 10.6 Å². The number of hydrogen-bond acceptors (Lipinski definition) is 3. The van der Waals surface area contributed by atoms with Crippen LogP contribution in [0, 0.1) is 0 Å². The van der Waals surface area contributed by atoms with Crippen molar-refractivity contribution >= 4 is 34.2 Å². The highest BCUT2D eigenvalue weighted by atomic mass is 16.2. The molecule has 1 aromatic heterocycles. The maximum Gasteiger partial charge on any atom is 0.321 e. The van der Waals surface area contributed by atoms with Gasteiger partial charge in [-0.3, -0.25) is 14.8 Å². The van der Waals surface area contributed by atoms with Crippen LogP contribution in [0.15, 0.2) is 42.6 Å². The molecular formula is C19H17N5O2. The molecule has 3 amide bonds. The second-order valence-corrected chi connectivity index (χ2v) is 6.68. The zero-order chi connectivity index (χ0) is 17.7. The zero-order valence-corrected chi connectivity index (χ0v) is 14.0. The number of rotatable bonds is 2. The molecule has 7 heteroatoms. The Morgan fingerprint density at radius 2 is 2.04 bits per heavy atom. The fourth-order valence-corrected chi connectivity index (χ4v) is 3.81. The third kappa shape index (κ3) is 2.32. The minimum absolute atomic E-state index is 0.0183. The number of aromatic nitrogens is 2. The monoisotopic (exact) mass is 347 g/mol. The van der Waals surface area contributed by atoms with Crippen molar-refractivity contribution in [1.82, 2.24) is 15.5 Å². The molecule has 1 unspecified atom stereocenters. The lowest BCUT2D eigenvalue weighted by atomic mass is 9.84. The molecule has 0 saturated carbocycles. The number of anilines is 2. The van der Waals surface area contributed by atoms with Gasteiger partial charge in [0.1, 0.15) is 0 Å². The highest BCUT2D eigenvalue weighted by Crippen LogP contribution is 2.39. The fraction of sp³-hybridized carbons (Fsp3) is 0.211. The van der Waals surface area contributed by atoms with Crippen LogP contribution in [0.25, 0.3) is 10.9 Å². The van der Waals surface area contributed by atoms with Gasteiger partial charge >= 0.3 is 6.03 Å². The molecule has 130 valence electrons. The van der Waals surface area contributed by atoms with E-state index in [1.807, 2.05) is 30.3 Å². The molecular weight excluding hydrogens is 330 g/mol. The molecule has 2 aliphatic rings. The number of amides is 3. The first-order valence-corrected chi connectivity index (χ1v) is 8.61. The van der Waals surface area contributed by atoms with Crippen molar-refractivity contribution in [2.75, 3.05) is 23.3 Å². The van der Waals surface area contributed by atoms with Crippen LogP contribution in [0.2, 0.25) is 0 Å². The molecule has 5 rings (SSSR count). The van der Waals surface area contributed by atoms with Crippen molar-refractivity contribution in [3.63, 3.8) is 0 Å². The molecule has 3 heterocycles. The molecule has 2 aromatic carbocycles. The van der Waals surface area contributed by atoms with Crippen molar-refractivity contribution < 1.29 is 9.59 Å². The Bertz CT molecular complexity index is 1040. The van der Waals surface area contributed by atoms with Gasteiger partial charge in [0, 0.05) is 42.2 Å². The highest BCUT2D eigenvalue weighted by Gasteiger charge is 2.29. The Kier molecular flexibility index (Phi) is 3.21. The van der Waals surface area contributed by atoms with Crippen molar-refractivity contribution in [3.05, 3.63) is 53.7 Å². The van der Waals surface area contributed by atoms with E-state index in [-0.39, 0.29) is 17.9 Å². The quantitative estimate of drug-likeness (QED) is 0.665. The number of benzene rings is 2. The smallest absolute Gasteiger partial charge is 0.321 e. The van der Waals surface area contributed by atoms with Gasteiger partial charge in [0.05, 0.1) is 11.7 Å². The van der Waals surface area contributed by atoms with Crippen LogP contribution in [0.5, 0.6) is 0 Å². The first-order chi connectivity index (χ1) is 12.7. The number of carbonyl (C=O) groups is 2. The van der Waals surface area contributed by atoms with E-state index in [9.17, 15) is 9.59 Å². The number of carbonyl (C=O) groups excluding carboxylic acids is 2. The van der Waals surface area contributed by atoms with E-state index >= 15 is 0 Å². The van der Waals surface area contributed by atoms with E-state index in [4.69, 9.17) is 0 Å². The minimum atomic E-state index is -0.103. The molecule has 1 fully saturated rings. The summed E-state index contributed by atoms with van der Waals surface area (Å²) < 4.78 is 0. The Balaban J connectivity index is 1.57. The number of nitrogens with one attached hydrogen (secondary N) is 3. The summed E-state index contributed by atoms with van der Waals surface area (Å²) in [5.74, 6) is -0.0388. The maximum absolute atomic E-state index is 12.3. The maximum atomic E-state index is 12.3. The number of hydrogen-bond donors (Lipinski definition) is 3. The summed E-state index contributed by atoms with van der Waals surface area (Å²) in [5.41, 5.74) is 4.66. The van der Waals surface area contributed by atoms with E-state index < -0.39 is 0 Å². The van der Waals surface area contributed by atoms with Gasteiger partial charge in [-0.05, 0) is 29.3 Å². The van der Waals surface area contributed by atoms with Crippen LogP contribution in [0.3, 0.4) is 0 Å². The number of urea groups is 1. The second-order valence-electron chi connectivity index (χ2n) is 6.68. The summed E-state index contributed by atoms with van der Waals surface area (Å²) in [6.07, 6.45) is 2.18. The average Bonchev–Trinajstić information content (AvgIpc) is 3.28. The Morgan fingerprint density at radius 3 is 2.88 bits per heavy atom. The van der Waals surface area contributed by atoms with Gasteiger partial charge in [-0.25, -0.2) is 4.79 Å². The van der Waals surface area contributed by atoms with Gasteiger partial charge in [0.2, 0.25) is 5.91 Å². The second kappa shape index (κ2) is 5.59. The summed E-state index contributed by atoms with van der Waals surface area (Å²) in [6, 6.07) is 11.9. The molecule has 3 N–H and O–H groups in total. The van der Waals surface area contributed by atoms with Crippen molar-refractivity contribution in [1.29, 1.82) is 0 Å². The van der Waals surface area contributed by atoms with Gasteiger partial charge in [-0.2, -0.15) is 5.10 Å². The van der Waals surface area contributed by atoms with Gasteiger partial charge in [-0.15, -0.1) is 0 Å².